The average molecular weight is 315 g/mol. The molecule has 0 aromatic carbocycles. The van der Waals surface area contributed by atoms with Crippen LogP contribution < -0.4 is 10.2 Å². The van der Waals surface area contributed by atoms with Crippen molar-refractivity contribution < 1.29 is 14.3 Å². The molecule has 2 aromatic rings. The number of nitrogens with one attached hydrogen (secondary N) is 1. The largest absolute Gasteiger partial charge is 0.456 e. The fourth-order valence-corrected chi connectivity index (χ4v) is 2.81. The van der Waals surface area contributed by atoms with Gasteiger partial charge in [-0.05, 0) is 49.9 Å². The number of pyridine rings is 1. The van der Waals surface area contributed by atoms with Crippen molar-refractivity contribution in [3.63, 3.8) is 0 Å². The highest BCUT2D eigenvalue weighted by Gasteiger charge is 2.22. The molecule has 0 bridgehead atoms. The van der Waals surface area contributed by atoms with Crippen LogP contribution in [0.3, 0.4) is 0 Å². The van der Waals surface area contributed by atoms with Gasteiger partial charge in [0, 0.05) is 25.9 Å². The van der Waals surface area contributed by atoms with Crippen molar-refractivity contribution in [1.29, 1.82) is 0 Å². The van der Waals surface area contributed by atoms with Crippen LogP contribution in [0.5, 0.6) is 0 Å². The second-order valence-corrected chi connectivity index (χ2v) is 5.85. The Morgan fingerprint density at radius 1 is 1.39 bits per heavy atom. The Hall–Kier alpha value is -2.34. The number of aryl methyl sites for hydroxylation is 1. The Kier molecular flexibility index (Phi) is 4.62. The summed E-state index contributed by atoms with van der Waals surface area (Å²) in [5, 5.41) is 12.1. The van der Waals surface area contributed by atoms with Crippen LogP contribution in [0.4, 0.5) is 11.5 Å². The summed E-state index contributed by atoms with van der Waals surface area (Å²) in [5.41, 5.74) is 0.675. The predicted octanol–water partition coefficient (Wildman–Crippen LogP) is 2.44. The van der Waals surface area contributed by atoms with E-state index < -0.39 is 0 Å². The van der Waals surface area contributed by atoms with Crippen molar-refractivity contribution in [1.82, 2.24) is 4.98 Å². The molecule has 0 unspecified atom stereocenters. The van der Waals surface area contributed by atoms with Crippen molar-refractivity contribution in [2.45, 2.75) is 19.8 Å². The lowest BCUT2D eigenvalue weighted by Gasteiger charge is -2.33. The molecular weight excluding hydrogens is 294 g/mol. The van der Waals surface area contributed by atoms with E-state index in [9.17, 15) is 9.90 Å². The quantitative estimate of drug-likeness (QED) is 0.906. The van der Waals surface area contributed by atoms with Crippen molar-refractivity contribution in [3.8, 4) is 0 Å². The fourth-order valence-electron chi connectivity index (χ4n) is 2.81. The minimum atomic E-state index is -0.280. The molecule has 6 heteroatoms. The molecular formula is C17H21N3O3. The molecule has 0 aliphatic carbocycles. The Labute approximate surface area is 135 Å². The molecule has 23 heavy (non-hydrogen) atoms. The van der Waals surface area contributed by atoms with Crippen LogP contribution in [0, 0.1) is 12.8 Å². The molecule has 2 N–H and O–H groups in total. The van der Waals surface area contributed by atoms with Crippen LogP contribution in [-0.2, 0) is 0 Å². The number of hydrogen-bond donors (Lipinski definition) is 2. The van der Waals surface area contributed by atoms with Crippen LogP contribution in [0.1, 0.15) is 29.2 Å². The predicted molar refractivity (Wildman–Crippen MR) is 87.7 cm³/mol. The van der Waals surface area contributed by atoms with E-state index in [1.807, 2.05) is 6.07 Å². The van der Waals surface area contributed by atoms with E-state index in [2.05, 4.69) is 15.2 Å². The van der Waals surface area contributed by atoms with Gasteiger partial charge in [0.25, 0.3) is 5.91 Å². The first-order valence-corrected chi connectivity index (χ1v) is 7.86. The van der Waals surface area contributed by atoms with Crippen LogP contribution in [-0.4, -0.2) is 35.7 Å². The van der Waals surface area contributed by atoms with E-state index in [0.29, 0.717) is 17.4 Å². The van der Waals surface area contributed by atoms with Gasteiger partial charge in [0.15, 0.2) is 11.6 Å². The SMILES string of the molecule is Cc1ccc(C(=O)Nc2cccnc2N2CCC(CO)CC2)o1. The lowest BCUT2D eigenvalue weighted by atomic mass is 9.98. The van der Waals surface area contributed by atoms with E-state index in [-0.39, 0.29) is 18.3 Å². The number of aromatic nitrogens is 1. The van der Waals surface area contributed by atoms with Gasteiger partial charge in [-0.3, -0.25) is 4.79 Å². The number of carbonyl (C=O) groups is 1. The summed E-state index contributed by atoms with van der Waals surface area (Å²) in [4.78, 5) is 18.8. The first-order valence-electron chi connectivity index (χ1n) is 7.86. The van der Waals surface area contributed by atoms with Gasteiger partial charge in [0.1, 0.15) is 5.76 Å². The highest BCUT2D eigenvalue weighted by molar-refractivity contribution is 6.03. The van der Waals surface area contributed by atoms with Crippen molar-refractivity contribution in [2.75, 3.05) is 29.9 Å². The zero-order valence-electron chi connectivity index (χ0n) is 13.2. The van der Waals surface area contributed by atoms with Gasteiger partial charge in [-0.15, -0.1) is 0 Å². The molecule has 3 heterocycles. The minimum absolute atomic E-state index is 0.234. The van der Waals surface area contributed by atoms with Gasteiger partial charge in [-0.25, -0.2) is 4.98 Å². The molecule has 0 spiro atoms. The summed E-state index contributed by atoms with van der Waals surface area (Å²) < 4.78 is 5.36. The second kappa shape index (κ2) is 6.83. The topological polar surface area (TPSA) is 78.6 Å². The first-order chi connectivity index (χ1) is 11.2. The zero-order valence-corrected chi connectivity index (χ0v) is 13.2. The molecule has 2 aromatic heterocycles. The third-order valence-electron chi connectivity index (χ3n) is 4.17. The normalized spacial score (nSPS) is 15.7. The first kappa shape index (κ1) is 15.6. The number of amides is 1. The molecule has 1 fully saturated rings. The minimum Gasteiger partial charge on any atom is -0.456 e. The number of carbonyl (C=O) groups excluding carboxylic acids is 1. The summed E-state index contributed by atoms with van der Waals surface area (Å²) in [6, 6.07) is 7.06. The molecule has 3 rings (SSSR count). The van der Waals surface area contributed by atoms with E-state index in [4.69, 9.17) is 4.42 Å². The van der Waals surface area contributed by atoms with Crippen LogP contribution in [0.25, 0.3) is 0 Å². The molecule has 122 valence electrons. The van der Waals surface area contributed by atoms with Crippen molar-refractivity contribution >= 4 is 17.4 Å². The summed E-state index contributed by atoms with van der Waals surface area (Å²) in [6.07, 6.45) is 3.58. The van der Waals surface area contributed by atoms with Gasteiger partial charge >= 0.3 is 0 Å². The number of anilines is 2. The number of aliphatic hydroxyl groups excluding tert-OH is 1. The summed E-state index contributed by atoms with van der Waals surface area (Å²) in [6.45, 7) is 3.69. The van der Waals surface area contributed by atoms with Crippen molar-refractivity contribution in [3.05, 3.63) is 42.0 Å². The number of hydrogen-bond acceptors (Lipinski definition) is 5. The van der Waals surface area contributed by atoms with E-state index in [0.717, 1.165) is 31.7 Å². The molecule has 0 atom stereocenters. The van der Waals surface area contributed by atoms with E-state index in [1.54, 1.807) is 31.3 Å². The lowest BCUT2D eigenvalue weighted by molar-refractivity contribution is 0.0995. The van der Waals surface area contributed by atoms with Crippen molar-refractivity contribution in [2.24, 2.45) is 5.92 Å². The van der Waals surface area contributed by atoms with Crippen LogP contribution >= 0.6 is 0 Å². The fraction of sp³-hybridized carbons (Fsp3) is 0.412. The standard InChI is InChI=1S/C17H21N3O3/c1-12-4-5-15(23-12)17(22)19-14-3-2-8-18-16(14)20-9-6-13(11-21)7-10-20/h2-5,8,13,21H,6-7,9-11H2,1H3,(H,19,22). The van der Waals surface area contributed by atoms with Gasteiger partial charge in [-0.2, -0.15) is 0 Å². The van der Waals surface area contributed by atoms with Gasteiger partial charge in [0.05, 0.1) is 5.69 Å². The molecule has 1 aliphatic heterocycles. The maximum Gasteiger partial charge on any atom is 0.291 e. The van der Waals surface area contributed by atoms with E-state index >= 15 is 0 Å². The van der Waals surface area contributed by atoms with Crippen LogP contribution in [0.15, 0.2) is 34.9 Å². The van der Waals surface area contributed by atoms with Gasteiger partial charge < -0.3 is 19.7 Å². The molecule has 6 nitrogen and oxygen atoms in total. The molecule has 0 saturated carbocycles. The Bertz CT molecular complexity index is 675. The van der Waals surface area contributed by atoms with Crippen LogP contribution in [0.2, 0.25) is 0 Å². The molecule has 1 aliphatic rings. The summed E-state index contributed by atoms with van der Waals surface area (Å²) in [7, 11) is 0. The van der Waals surface area contributed by atoms with E-state index in [1.165, 1.54) is 0 Å². The molecule has 1 saturated heterocycles. The highest BCUT2D eigenvalue weighted by Crippen LogP contribution is 2.28. The third kappa shape index (κ3) is 3.53. The average Bonchev–Trinajstić information content (AvgIpc) is 3.02. The monoisotopic (exact) mass is 315 g/mol. The molecule has 1 amide bonds. The number of aliphatic hydroxyl groups is 1. The smallest absolute Gasteiger partial charge is 0.291 e. The Morgan fingerprint density at radius 3 is 2.83 bits per heavy atom. The number of rotatable bonds is 4. The molecule has 0 radical (unpaired) electrons. The summed E-state index contributed by atoms with van der Waals surface area (Å²) in [5.74, 6) is 1.83. The van der Waals surface area contributed by atoms with Gasteiger partial charge in [-0.1, -0.05) is 0 Å². The number of nitrogens with zero attached hydrogens (tertiary/aromatic N) is 2. The Morgan fingerprint density at radius 2 is 2.17 bits per heavy atom. The number of piperidine rings is 1. The Balaban J connectivity index is 1.74. The maximum atomic E-state index is 12.3. The summed E-state index contributed by atoms with van der Waals surface area (Å²) >= 11 is 0. The highest BCUT2D eigenvalue weighted by atomic mass is 16.3. The third-order valence-corrected chi connectivity index (χ3v) is 4.17. The maximum absolute atomic E-state index is 12.3. The van der Waals surface area contributed by atoms with Gasteiger partial charge in [0.2, 0.25) is 0 Å². The second-order valence-electron chi connectivity index (χ2n) is 5.85. The lowest BCUT2D eigenvalue weighted by Crippen LogP contribution is -2.35. The number of furan rings is 1. The zero-order chi connectivity index (χ0) is 16.2.